The minimum absolute atomic E-state index is 0. The van der Waals surface area contributed by atoms with E-state index in [9.17, 15) is 13.9 Å². The molecule has 2 aromatic heterocycles. The first-order valence-corrected chi connectivity index (χ1v) is 9.47. The number of halogens is 2. The van der Waals surface area contributed by atoms with E-state index in [0.29, 0.717) is 22.6 Å². The molecular weight excluding hydrogens is 577 g/mol. The van der Waals surface area contributed by atoms with Crippen LogP contribution in [0, 0.1) is 17.7 Å². The van der Waals surface area contributed by atoms with Crippen LogP contribution in [0.2, 0.25) is 0 Å². The van der Waals surface area contributed by atoms with E-state index < -0.39 is 17.0 Å². The van der Waals surface area contributed by atoms with Crippen molar-refractivity contribution in [1.29, 1.82) is 0 Å². The first-order valence-electron chi connectivity index (χ1n) is 9.47. The maximum atomic E-state index is 14.2. The Hall–Kier alpha value is -2.91. The molecule has 1 N–H and O–H groups in total. The van der Waals surface area contributed by atoms with Gasteiger partial charge < -0.3 is 10.1 Å². The molecule has 4 aromatic rings. The summed E-state index contributed by atoms with van der Waals surface area (Å²) in [4.78, 5) is 9.37. The zero-order valence-electron chi connectivity index (χ0n) is 16.8. The first-order chi connectivity index (χ1) is 14.4. The van der Waals surface area contributed by atoms with Gasteiger partial charge in [-0.3, -0.25) is 13.8 Å². The quantitative estimate of drug-likeness (QED) is 0.298. The number of hydrogen-bond acceptors (Lipinski definition) is 3. The molecule has 0 aliphatic carbocycles. The Balaban J connectivity index is 0.00000272. The van der Waals surface area contributed by atoms with Crippen molar-refractivity contribution >= 4 is 0 Å². The molecule has 4 rings (SSSR count). The molecule has 2 aromatic carbocycles. The molecule has 0 atom stereocenters. The number of benzene rings is 2. The van der Waals surface area contributed by atoms with Crippen LogP contribution in [-0.2, 0) is 26.5 Å². The summed E-state index contributed by atoms with van der Waals surface area (Å²) < 4.78 is 27.5. The minimum atomic E-state index is -0.711. The third kappa shape index (κ3) is 4.57. The predicted octanol–water partition coefficient (Wildman–Crippen LogP) is 5.92. The minimum Gasteiger partial charge on any atom is -0.507 e. The van der Waals surface area contributed by atoms with Crippen molar-refractivity contribution < 1.29 is 35.0 Å². The van der Waals surface area contributed by atoms with Crippen molar-refractivity contribution in [2.75, 3.05) is 0 Å². The molecule has 31 heavy (non-hydrogen) atoms. The molecule has 0 unspecified atom stereocenters. The van der Waals surface area contributed by atoms with Gasteiger partial charge in [0.25, 0.3) is 0 Å². The number of phenolic OH excluding ortho intramolecular Hbond substituents is 1. The topological polar surface area (TPSA) is 46.0 Å². The van der Waals surface area contributed by atoms with Crippen LogP contribution in [-0.4, -0.2) is 15.1 Å². The van der Waals surface area contributed by atoms with Crippen LogP contribution in [0.15, 0.2) is 72.8 Å². The molecule has 0 fully saturated rings. The van der Waals surface area contributed by atoms with Crippen LogP contribution < -0.4 is 0 Å². The van der Waals surface area contributed by atoms with Gasteiger partial charge in [-0.25, -0.2) is 0 Å². The second-order valence-electron chi connectivity index (χ2n) is 7.50. The van der Waals surface area contributed by atoms with E-state index in [1.165, 1.54) is 0 Å². The van der Waals surface area contributed by atoms with Crippen molar-refractivity contribution in [3.05, 3.63) is 102 Å². The van der Waals surface area contributed by atoms with Gasteiger partial charge in [0.2, 0.25) is 0 Å². The van der Waals surface area contributed by atoms with Gasteiger partial charge in [0.15, 0.2) is 0 Å². The summed E-state index contributed by atoms with van der Waals surface area (Å²) in [6.45, 7) is 3.95. The number of rotatable bonds is 4. The Kier molecular flexibility index (Phi) is 6.66. The maximum Gasteiger partial charge on any atom is 0.124 e. The maximum absolute atomic E-state index is 14.2. The van der Waals surface area contributed by atoms with E-state index in [2.05, 4.69) is 11.1 Å². The van der Waals surface area contributed by atoms with Gasteiger partial charge in [0.05, 0.1) is 11.4 Å². The van der Waals surface area contributed by atoms with E-state index in [0.717, 1.165) is 17.8 Å². The van der Waals surface area contributed by atoms with E-state index in [1.54, 1.807) is 30.3 Å². The molecule has 0 saturated heterocycles. The summed E-state index contributed by atoms with van der Waals surface area (Å²) in [5.74, 6) is -1.24. The van der Waals surface area contributed by atoms with Crippen molar-refractivity contribution in [3.8, 4) is 28.3 Å². The molecule has 0 aliphatic rings. The molecule has 160 valence electrons. The Morgan fingerprint density at radius 2 is 1.45 bits per heavy atom. The molecule has 0 aliphatic heterocycles. The van der Waals surface area contributed by atoms with E-state index in [1.807, 2.05) is 44.2 Å². The summed E-state index contributed by atoms with van der Waals surface area (Å²) in [5.41, 5.74) is 2.59. The van der Waals surface area contributed by atoms with Crippen molar-refractivity contribution in [3.63, 3.8) is 0 Å². The number of aromatic hydroxyl groups is 1. The predicted molar refractivity (Wildman–Crippen MR) is 112 cm³/mol. The Bertz CT molecular complexity index is 1230. The van der Waals surface area contributed by atoms with Crippen LogP contribution >= 0.6 is 0 Å². The molecule has 3 nitrogen and oxygen atoms in total. The summed E-state index contributed by atoms with van der Waals surface area (Å²) in [6.07, 6.45) is 0. The average molecular weight is 597 g/mol. The largest absolute Gasteiger partial charge is 0.507 e. The molecular formula is C25H19F2N2OPt-. The van der Waals surface area contributed by atoms with Gasteiger partial charge in [0.1, 0.15) is 5.75 Å². The Labute approximate surface area is 194 Å². The zero-order valence-corrected chi connectivity index (χ0v) is 19.1. The number of hydrogen-bond donors (Lipinski definition) is 1. The Morgan fingerprint density at radius 3 is 2.10 bits per heavy atom. The van der Waals surface area contributed by atoms with Crippen LogP contribution in [0.3, 0.4) is 0 Å². The second kappa shape index (κ2) is 9.07. The fourth-order valence-electron chi connectivity index (χ4n) is 3.32. The van der Waals surface area contributed by atoms with Crippen molar-refractivity contribution in [2.24, 2.45) is 0 Å². The summed E-state index contributed by atoms with van der Waals surface area (Å²) in [7, 11) is 0. The SMILES string of the molecule is CC(C)(c1cccc(-c2[c-]cc(F)cc2F)n1)c1cccc(-c2ccccc2O)n1.[Pt]. The normalized spacial score (nSPS) is 11.1. The van der Waals surface area contributed by atoms with Gasteiger partial charge in [-0.2, -0.15) is 0 Å². The van der Waals surface area contributed by atoms with E-state index in [4.69, 9.17) is 4.98 Å². The molecule has 6 heteroatoms. The number of pyridine rings is 2. The molecule has 0 bridgehead atoms. The molecule has 0 saturated carbocycles. The Morgan fingerprint density at radius 1 is 0.839 bits per heavy atom. The van der Waals surface area contributed by atoms with Crippen LogP contribution in [0.1, 0.15) is 25.2 Å². The van der Waals surface area contributed by atoms with Gasteiger partial charge in [-0.15, -0.1) is 12.1 Å². The number of nitrogens with zero attached hydrogens (tertiary/aromatic N) is 2. The number of phenols is 1. The van der Waals surface area contributed by atoms with Crippen molar-refractivity contribution in [1.82, 2.24) is 9.97 Å². The fraction of sp³-hybridized carbons (Fsp3) is 0.120. The van der Waals surface area contributed by atoms with E-state index in [-0.39, 0.29) is 32.4 Å². The summed E-state index contributed by atoms with van der Waals surface area (Å²) in [6, 6.07) is 22.5. The monoisotopic (exact) mass is 596 g/mol. The average Bonchev–Trinajstić information content (AvgIpc) is 2.74. The van der Waals surface area contributed by atoms with Gasteiger partial charge in [-0.05, 0) is 49.9 Å². The fourth-order valence-corrected chi connectivity index (χ4v) is 3.32. The summed E-state index contributed by atoms with van der Waals surface area (Å²) >= 11 is 0. The van der Waals surface area contributed by atoms with Gasteiger partial charge in [-0.1, -0.05) is 42.0 Å². The second-order valence-corrected chi connectivity index (χ2v) is 7.50. The van der Waals surface area contributed by atoms with Crippen LogP contribution in [0.25, 0.3) is 22.5 Å². The summed E-state index contributed by atoms with van der Waals surface area (Å²) in [5, 5.41) is 10.2. The van der Waals surface area contributed by atoms with Crippen molar-refractivity contribution in [2.45, 2.75) is 19.3 Å². The van der Waals surface area contributed by atoms with Crippen LogP contribution in [0.5, 0.6) is 5.75 Å². The van der Waals surface area contributed by atoms with Gasteiger partial charge >= 0.3 is 0 Å². The third-order valence-electron chi connectivity index (χ3n) is 5.07. The molecule has 0 amide bonds. The number of para-hydroxylation sites is 1. The molecule has 0 radical (unpaired) electrons. The molecule has 2 heterocycles. The zero-order chi connectivity index (χ0) is 21.3. The standard InChI is InChI=1S/C25H19F2N2O.Pt/c1-25(2,24-12-6-9-21(29-24)18-7-3-4-10-22(18)30)23-11-5-8-20(28-23)17-14-13-16(26)15-19(17)27;/h3-13,15,30H,1-2H3;/q-1;. The molecule has 0 spiro atoms. The first kappa shape index (κ1) is 22.8. The van der Waals surface area contributed by atoms with Crippen LogP contribution in [0.4, 0.5) is 8.78 Å². The van der Waals surface area contributed by atoms with E-state index >= 15 is 0 Å². The smallest absolute Gasteiger partial charge is 0.124 e. The van der Waals surface area contributed by atoms with Gasteiger partial charge in [0, 0.05) is 49.4 Å². The number of aromatic nitrogens is 2. The third-order valence-corrected chi connectivity index (χ3v) is 5.07.